The molecular formula is C5H4F6N2O4. The molecule has 0 aliphatic rings. The number of amides is 2. The third-order valence-corrected chi connectivity index (χ3v) is 0.648. The van der Waals surface area contributed by atoms with Gasteiger partial charge in [0.05, 0.1) is 0 Å². The van der Waals surface area contributed by atoms with Crippen molar-refractivity contribution in [2.45, 2.75) is 12.4 Å². The maximum atomic E-state index is 11.2. The Bertz CT molecular complexity index is 281. The quantitative estimate of drug-likeness (QED) is 0.372. The molecule has 0 aromatic carbocycles. The number of nitrogens with two attached hydrogens (primary N) is 2. The van der Waals surface area contributed by atoms with Crippen LogP contribution in [0.4, 0.5) is 31.1 Å². The number of carbonyl (C=O) groups excluding carboxylic acids is 3. The summed E-state index contributed by atoms with van der Waals surface area (Å²) >= 11 is 0. The third-order valence-electron chi connectivity index (χ3n) is 0.648. The minimum Gasteiger partial charge on any atom is -0.380 e. The molecule has 0 aliphatic heterocycles. The molecule has 0 radical (unpaired) electrons. The van der Waals surface area contributed by atoms with E-state index in [9.17, 15) is 35.9 Å². The highest BCUT2D eigenvalue weighted by Gasteiger charge is 2.49. The van der Waals surface area contributed by atoms with E-state index in [2.05, 4.69) is 16.2 Å². The van der Waals surface area contributed by atoms with Gasteiger partial charge in [0.15, 0.2) is 0 Å². The molecule has 100 valence electrons. The fraction of sp³-hybridized carbons (Fsp3) is 0.400. The fourth-order valence-corrected chi connectivity index (χ4v) is 0.200. The molecule has 0 fully saturated rings. The largest absolute Gasteiger partial charge is 0.491 e. The number of primary amides is 2. The summed E-state index contributed by atoms with van der Waals surface area (Å²) in [6, 6.07) is -0.833. The molecule has 0 spiro atoms. The molecule has 0 aliphatic carbocycles. The number of hydrogen-bond acceptors (Lipinski definition) is 4. The summed E-state index contributed by atoms with van der Waals surface area (Å²) in [6.45, 7) is 0. The molecule has 0 aromatic heterocycles. The lowest BCUT2D eigenvalue weighted by Gasteiger charge is -2.06. The van der Waals surface area contributed by atoms with Gasteiger partial charge in [-0.1, -0.05) is 0 Å². The lowest BCUT2D eigenvalue weighted by Crippen LogP contribution is -2.34. The van der Waals surface area contributed by atoms with Gasteiger partial charge < -0.3 is 16.2 Å². The van der Waals surface area contributed by atoms with Crippen LogP contribution < -0.4 is 11.5 Å². The first kappa shape index (κ1) is 17.4. The van der Waals surface area contributed by atoms with E-state index in [0.717, 1.165) is 0 Å². The summed E-state index contributed by atoms with van der Waals surface area (Å²) in [4.78, 5) is 28.3. The molecule has 4 N–H and O–H groups in total. The minimum atomic E-state index is -5.62. The smallest absolute Gasteiger partial charge is 0.380 e. The molecule has 0 bridgehead atoms. The molecule has 0 saturated heterocycles. The Kier molecular flexibility index (Phi) is 6.04. The second-order valence-corrected chi connectivity index (χ2v) is 2.07. The van der Waals surface area contributed by atoms with Gasteiger partial charge in [-0.25, -0.2) is 14.4 Å². The molecule has 0 rings (SSSR count). The summed E-state index contributed by atoms with van der Waals surface area (Å²) in [5.41, 5.74) is 8.50. The Hall–Kier alpha value is -2.01. The first-order chi connectivity index (χ1) is 7.28. The van der Waals surface area contributed by atoms with Crippen LogP contribution in [0.5, 0.6) is 0 Å². The number of ether oxygens (including phenoxy) is 1. The zero-order chi connectivity index (χ0) is 14.4. The van der Waals surface area contributed by atoms with Gasteiger partial charge in [0.25, 0.3) is 0 Å². The molecule has 2 amide bonds. The van der Waals surface area contributed by atoms with Crippen LogP contribution in [0.1, 0.15) is 0 Å². The normalized spacial score (nSPS) is 10.9. The Balaban J connectivity index is 0. The van der Waals surface area contributed by atoms with Crippen LogP contribution in [0.2, 0.25) is 0 Å². The van der Waals surface area contributed by atoms with Crippen LogP contribution in [0.25, 0.3) is 0 Å². The fourth-order valence-electron chi connectivity index (χ4n) is 0.200. The number of esters is 2. The standard InChI is InChI=1S/C4F6O3.CH4N2O/c5-3(6,7)1(11)13-2(12)4(8,9)10;2-1(3)4/h;(H4,2,3,4). The van der Waals surface area contributed by atoms with Crippen LogP contribution in [0.3, 0.4) is 0 Å². The Morgan fingerprint density at radius 3 is 1.06 bits per heavy atom. The van der Waals surface area contributed by atoms with E-state index in [4.69, 9.17) is 4.79 Å². The van der Waals surface area contributed by atoms with Crippen molar-refractivity contribution in [1.82, 2.24) is 0 Å². The number of hydrogen-bond donors (Lipinski definition) is 2. The van der Waals surface area contributed by atoms with E-state index in [-0.39, 0.29) is 0 Å². The van der Waals surface area contributed by atoms with Crippen molar-refractivity contribution in [3.8, 4) is 0 Å². The Morgan fingerprint density at radius 2 is 0.941 bits per heavy atom. The molecule has 0 aromatic rings. The second-order valence-electron chi connectivity index (χ2n) is 2.07. The molecule has 6 nitrogen and oxygen atoms in total. The van der Waals surface area contributed by atoms with Gasteiger partial charge in [-0.3, -0.25) is 0 Å². The van der Waals surface area contributed by atoms with Gasteiger partial charge in [0, 0.05) is 0 Å². The minimum absolute atomic E-state index is 0.833. The van der Waals surface area contributed by atoms with Crippen molar-refractivity contribution in [2.24, 2.45) is 11.5 Å². The monoisotopic (exact) mass is 270 g/mol. The molecule has 0 saturated carbocycles. The predicted octanol–water partition coefficient (Wildman–Crippen LogP) is 0.205. The lowest BCUT2D eigenvalue weighted by molar-refractivity contribution is -0.221. The Morgan fingerprint density at radius 1 is 0.765 bits per heavy atom. The first-order valence-electron chi connectivity index (χ1n) is 3.23. The van der Waals surface area contributed by atoms with Gasteiger partial charge >= 0.3 is 30.3 Å². The van der Waals surface area contributed by atoms with E-state index in [1.807, 2.05) is 0 Å². The molecule has 0 heterocycles. The van der Waals surface area contributed by atoms with Crippen molar-refractivity contribution in [3.63, 3.8) is 0 Å². The SMILES string of the molecule is NC(N)=O.O=C(OC(=O)C(F)(F)F)C(F)(F)F. The van der Waals surface area contributed by atoms with Gasteiger partial charge in [0.2, 0.25) is 0 Å². The van der Waals surface area contributed by atoms with Crippen LogP contribution in [0, 0.1) is 0 Å². The number of rotatable bonds is 0. The highest BCUT2D eigenvalue weighted by Crippen LogP contribution is 2.21. The van der Waals surface area contributed by atoms with Crippen molar-refractivity contribution in [2.75, 3.05) is 0 Å². The second kappa shape index (κ2) is 5.91. The number of halogens is 6. The summed E-state index contributed by atoms with van der Waals surface area (Å²) in [5.74, 6) is -6.40. The van der Waals surface area contributed by atoms with Gasteiger partial charge in [-0.15, -0.1) is 0 Å². The maximum absolute atomic E-state index is 11.2. The molecular weight excluding hydrogens is 266 g/mol. The highest BCUT2D eigenvalue weighted by atomic mass is 19.4. The van der Waals surface area contributed by atoms with E-state index >= 15 is 0 Å². The highest BCUT2D eigenvalue weighted by molar-refractivity contribution is 5.90. The molecule has 12 heteroatoms. The number of carbonyl (C=O) groups is 3. The average Bonchev–Trinajstić information content (AvgIpc) is 1.98. The third kappa shape index (κ3) is 10.3. The summed E-state index contributed by atoms with van der Waals surface area (Å²) in [7, 11) is 0. The zero-order valence-corrected chi connectivity index (χ0v) is 7.56. The van der Waals surface area contributed by atoms with Crippen LogP contribution >= 0.6 is 0 Å². The number of urea groups is 1. The van der Waals surface area contributed by atoms with Crippen molar-refractivity contribution >= 4 is 18.0 Å². The molecule has 17 heavy (non-hydrogen) atoms. The van der Waals surface area contributed by atoms with E-state index in [0.29, 0.717) is 0 Å². The van der Waals surface area contributed by atoms with Gasteiger partial charge in [-0.2, -0.15) is 26.3 Å². The molecule has 0 atom stereocenters. The van der Waals surface area contributed by atoms with E-state index in [1.54, 1.807) is 0 Å². The summed E-state index contributed by atoms with van der Waals surface area (Å²) in [6.07, 6.45) is -11.2. The first-order valence-corrected chi connectivity index (χ1v) is 3.23. The van der Waals surface area contributed by atoms with E-state index < -0.39 is 30.3 Å². The number of alkyl halides is 6. The lowest BCUT2D eigenvalue weighted by atomic mass is 10.6. The predicted molar refractivity (Wildman–Crippen MR) is 37.0 cm³/mol. The molecule has 0 unspecified atom stereocenters. The maximum Gasteiger partial charge on any atom is 0.491 e. The summed E-state index contributed by atoms with van der Waals surface area (Å²) < 4.78 is 69.7. The average molecular weight is 270 g/mol. The van der Waals surface area contributed by atoms with Crippen molar-refractivity contribution in [3.05, 3.63) is 0 Å². The van der Waals surface area contributed by atoms with Gasteiger partial charge in [0.1, 0.15) is 0 Å². The Labute approximate surface area is 88.5 Å². The zero-order valence-electron chi connectivity index (χ0n) is 7.56. The summed E-state index contributed by atoms with van der Waals surface area (Å²) in [5, 5.41) is 0. The topological polar surface area (TPSA) is 112 Å². The van der Waals surface area contributed by atoms with Gasteiger partial charge in [-0.05, 0) is 0 Å². The van der Waals surface area contributed by atoms with Crippen LogP contribution in [0.15, 0.2) is 0 Å². The van der Waals surface area contributed by atoms with Crippen molar-refractivity contribution in [1.29, 1.82) is 0 Å². The van der Waals surface area contributed by atoms with Crippen molar-refractivity contribution < 1.29 is 45.5 Å². The van der Waals surface area contributed by atoms with E-state index in [1.165, 1.54) is 0 Å². The van der Waals surface area contributed by atoms with Crippen LogP contribution in [-0.4, -0.2) is 30.3 Å². The van der Waals surface area contributed by atoms with Crippen LogP contribution in [-0.2, 0) is 14.3 Å².